The number of hydrogen-bond donors (Lipinski definition) is 1. The van der Waals surface area contributed by atoms with Gasteiger partial charge in [-0.1, -0.05) is 6.07 Å². The summed E-state index contributed by atoms with van der Waals surface area (Å²) in [5.41, 5.74) is 0. The van der Waals surface area contributed by atoms with Gasteiger partial charge < -0.3 is 29.9 Å². The average Bonchev–Trinajstić information content (AvgIpc) is 2.52. The van der Waals surface area contributed by atoms with Crippen LogP contribution in [0.1, 0.15) is 6.92 Å². The summed E-state index contributed by atoms with van der Waals surface area (Å²) in [6.45, 7) is 1.93. The Hall–Kier alpha value is 0.253. The molecule has 0 heterocycles. The van der Waals surface area contributed by atoms with Crippen molar-refractivity contribution in [2.24, 2.45) is 0 Å². The van der Waals surface area contributed by atoms with Gasteiger partial charge in [0.2, 0.25) is 0 Å². The molecule has 0 spiro atoms. The minimum absolute atomic E-state index is 0. The Morgan fingerprint density at radius 3 is 2.20 bits per heavy atom. The summed E-state index contributed by atoms with van der Waals surface area (Å²) in [6, 6.07) is 14.7. The van der Waals surface area contributed by atoms with Crippen LogP contribution in [0.25, 0.3) is 10.8 Å². The predicted octanol–water partition coefficient (Wildman–Crippen LogP) is -3.44. The van der Waals surface area contributed by atoms with Gasteiger partial charge >= 0.3 is 26.2 Å². The fraction of sp³-hybridized carbons (Fsp3) is 0.182. The topological polar surface area (TPSA) is 20.2 Å². The van der Waals surface area contributed by atoms with E-state index in [9.17, 15) is 0 Å². The van der Waals surface area contributed by atoms with Crippen molar-refractivity contribution in [2.45, 2.75) is 6.92 Å². The van der Waals surface area contributed by atoms with Crippen molar-refractivity contribution in [1.29, 1.82) is 0 Å². The van der Waals surface area contributed by atoms with E-state index >= 15 is 0 Å². The second-order valence-electron chi connectivity index (χ2n) is 2.47. The molecule has 1 nitrogen and oxygen atoms in total. The largest absolute Gasteiger partial charge is 3.00 e. The van der Waals surface area contributed by atoms with Gasteiger partial charge in [-0.15, -0.1) is 29.7 Å². The molecule has 0 bridgehead atoms. The van der Waals surface area contributed by atoms with E-state index in [0.29, 0.717) is 0 Å². The van der Waals surface area contributed by atoms with E-state index in [1.54, 1.807) is 6.92 Å². The van der Waals surface area contributed by atoms with Crippen LogP contribution >= 0.6 is 0 Å². The van der Waals surface area contributed by atoms with E-state index < -0.39 is 0 Å². The number of rotatable bonds is 0. The standard InChI is InChI=1S/C9H7.C2H6O.2ClH.Zr/c1-2-5-9-7-3-6-8(9)4-1;1-2-3;;;/h1-7H;3H,2H2,1H3;2*1H;/q-1;;;;+3/p-2. The molecule has 2 aromatic carbocycles. The SMILES string of the molecule is CCO.[Cl-].[Cl-].[Zr+3].c1ccc2[cH-]ccc2c1. The normalized spacial score (nSPS) is 7.33. The molecule has 4 heteroatoms. The van der Waals surface area contributed by atoms with E-state index in [1.807, 2.05) is 0 Å². The average molecular weight is 323 g/mol. The maximum absolute atomic E-state index is 7.57. The number of hydrogen-bond acceptors (Lipinski definition) is 1. The first-order chi connectivity index (χ1) is 5.88. The van der Waals surface area contributed by atoms with Crippen molar-refractivity contribution >= 4 is 10.8 Å². The van der Waals surface area contributed by atoms with Gasteiger partial charge in [-0.05, 0) is 6.92 Å². The maximum Gasteiger partial charge on any atom is 3.00 e. The summed E-state index contributed by atoms with van der Waals surface area (Å²) < 4.78 is 0. The van der Waals surface area contributed by atoms with E-state index in [0.717, 1.165) is 0 Å². The van der Waals surface area contributed by atoms with Gasteiger partial charge in [0.05, 0.1) is 0 Å². The van der Waals surface area contributed by atoms with Gasteiger partial charge in [0.15, 0.2) is 0 Å². The molecule has 0 saturated heterocycles. The van der Waals surface area contributed by atoms with Crippen molar-refractivity contribution in [3.05, 3.63) is 42.5 Å². The molecule has 0 fully saturated rings. The van der Waals surface area contributed by atoms with Crippen LogP contribution in [0.4, 0.5) is 0 Å². The zero-order valence-corrected chi connectivity index (χ0v) is 12.4. The molecule has 0 aliphatic carbocycles. The maximum atomic E-state index is 7.57. The van der Waals surface area contributed by atoms with Gasteiger partial charge in [-0.2, -0.15) is 17.5 Å². The van der Waals surface area contributed by atoms with Crippen LogP contribution in [0.3, 0.4) is 0 Å². The molecule has 0 saturated carbocycles. The molecule has 81 valence electrons. The monoisotopic (exact) mass is 321 g/mol. The second-order valence-corrected chi connectivity index (χ2v) is 2.47. The van der Waals surface area contributed by atoms with Gasteiger partial charge in [0.1, 0.15) is 0 Å². The molecule has 0 aliphatic rings. The van der Waals surface area contributed by atoms with Gasteiger partial charge in [0.25, 0.3) is 0 Å². The minimum Gasteiger partial charge on any atom is -1.00 e. The van der Waals surface area contributed by atoms with Crippen molar-refractivity contribution < 1.29 is 56.1 Å². The molecule has 2 rings (SSSR count). The summed E-state index contributed by atoms with van der Waals surface area (Å²) in [6.07, 6.45) is 0. The smallest absolute Gasteiger partial charge is 1.00 e. The third-order valence-corrected chi connectivity index (χ3v) is 1.55. The first kappa shape index (κ1) is 20.6. The quantitative estimate of drug-likeness (QED) is 0.501. The van der Waals surface area contributed by atoms with Crippen molar-refractivity contribution in [3.63, 3.8) is 0 Å². The van der Waals surface area contributed by atoms with Crippen molar-refractivity contribution in [2.75, 3.05) is 6.61 Å². The predicted molar refractivity (Wildman–Crippen MR) is 52.3 cm³/mol. The Kier molecular flexibility index (Phi) is 17.0. The number of aliphatic hydroxyl groups is 1. The van der Waals surface area contributed by atoms with Crippen LogP contribution in [-0.2, 0) is 26.2 Å². The van der Waals surface area contributed by atoms with Gasteiger partial charge in [0, 0.05) is 6.61 Å². The second kappa shape index (κ2) is 12.3. The zero-order chi connectivity index (χ0) is 8.81. The van der Waals surface area contributed by atoms with E-state index in [4.69, 9.17) is 5.11 Å². The zero-order valence-electron chi connectivity index (χ0n) is 8.45. The Labute approximate surface area is 122 Å². The van der Waals surface area contributed by atoms with Crippen LogP contribution < -0.4 is 24.8 Å². The third kappa shape index (κ3) is 7.19. The third-order valence-electron chi connectivity index (χ3n) is 1.55. The van der Waals surface area contributed by atoms with Gasteiger partial charge in [-0.25, -0.2) is 0 Å². The van der Waals surface area contributed by atoms with Crippen LogP contribution in [0.2, 0.25) is 0 Å². The first-order valence-electron chi connectivity index (χ1n) is 4.09. The summed E-state index contributed by atoms with van der Waals surface area (Å²) in [5, 5.41) is 10.2. The first-order valence-corrected chi connectivity index (χ1v) is 4.09. The van der Waals surface area contributed by atoms with Crippen LogP contribution in [0.15, 0.2) is 42.5 Å². The summed E-state index contributed by atoms with van der Waals surface area (Å²) in [7, 11) is 0. The summed E-state index contributed by atoms with van der Waals surface area (Å²) in [4.78, 5) is 0. The van der Waals surface area contributed by atoms with Crippen molar-refractivity contribution in [1.82, 2.24) is 0 Å². The molecule has 2 aromatic rings. The van der Waals surface area contributed by atoms with Crippen LogP contribution in [-0.4, -0.2) is 11.7 Å². The number of benzene rings is 1. The van der Waals surface area contributed by atoms with E-state index in [2.05, 4.69) is 42.5 Å². The number of halogens is 2. The van der Waals surface area contributed by atoms with Crippen molar-refractivity contribution in [3.8, 4) is 0 Å². The Morgan fingerprint density at radius 2 is 1.67 bits per heavy atom. The van der Waals surface area contributed by atoms with Crippen LogP contribution in [0, 0.1) is 0 Å². The molecule has 0 amide bonds. The van der Waals surface area contributed by atoms with E-state index in [1.165, 1.54) is 10.8 Å². The Balaban J connectivity index is -0.000000220. The summed E-state index contributed by atoms with van der Waals surface area (Å²) in [5.74, 6) is 0. The fourth-order valence-electron chi connectivity index (χ4n) is 1.07. The molecule has 1 radical (unpaired) electrons. The molecule has 0 aromatic heterocycles. The van der Waals surface area contributed by atoms with Gasteiger partial charge in [-0.3, -0.25) is 0 Å². The minimum atomic E-state index is 0. The Bertz CT molecular complexity index is 306. The van der Waals surface area contributed by atoms with Crippen LogP contribution in [0.5, 0.6) is 0 Å². The molecule has 0 unspecified atom stereocenters. The number of fused-ring (bicyclic) bond motifs is 1. The fourth-order valence-corrected chi connectivity index (χ4v) is 1.07. The van der Waals surface area contributed by atoms with E-state index in [-0.39, 0.29) is 57.6 Å². The molecule has 15 heavy (non-hydrogen) atoms. The molecule has 0 aliphatic heterocycles. The molecular formula is C11H13Cl2OZr. The number of aliphatic hydroxyl groups excluding tert-OH is 1. The Morgan fingerprint density at radius 1 is 1.13 bits per heavy atom. The summed E-state index contributed by atoms with van der Waals surface area (Å²) >= 11 is 0. The molecular weight excluding hydrogens is 310 g/mol. The molecule has 0 atom stereocenters. The molecule has 1 N–H and O–H groups in total.